The van der Waals surface area contributed by atoms with E-state index in [4.69, 9.17) is 4.74 Å². The second kappa shape index (κ2) is 17.9. The van der Waals surface area contributed by atoms with Crippen molar-refractivity contribution in [3.63, 3.8) is 0 Å². The largest absolute Gasteiger partial charge is 0.427 e. The fraction of sp³-hybridized carbons (Fsp3) is 0.533. The lowest BCUT2D eigenvalue weighted by Crippen LogP contribution is -2.41. The van der Waals surface area contributed by atoms with Crippen LogP contribution in [0.25, 0.3) is 0 Å². The Balaban J connectivity index is 1.97. The number of hydrogen-bond acceptors (Lipinski definition) is 4. The van der Waals surface area contributed by atoms with E-state index >= 15 is 0 Å². The van der Waals surface area contributed by atoms with E-state index in [9.17, 15) is 9.59 Å². The van der Waals surface area contributed by atoms with Gasteiger partial charge in [0.1, 0.15) is 5.75 Å². The zero-order chi connectivity index (χ0) is 26.0. The smallest absolute Gasteiger partial charge is 0.321 e. The molecule has 0 fully saturated rings. The first-order chi connectivity index (χ1) is 17.6. The Kier molecular flexibility index (Phi) is 14.8. The summed E-state index contributed by atoms with van der Waals surface area (Å²) < 4.78 is 5.33. The molecule has 0 aliphatic heterocycles. The summed E-state index contributed by atoms with van der Waals surface area (Å²) in [7, 11) is 0. The number of anilines is 1. The van der Waals surface area contributed by atoms with Crippen molar-refractivity contribution in [2.24, 2.45) is 0 Å². The zero-order valence-electron chi connectivity index (χ0n) is 22.4. The summed E-state index contributed by atoms with van der Waals surface area (Å²) in [4.78, 5) is 28.7. The summed E-state index contributed by atoms with van der Waals surface area (Å²) in [5, 5.41) is 3.12. The molecule has 2 amide bonds. The van der Waals surface area contributed by atoms with Crippen LogP contribution in [0.1, 0.15) is 91.4 Å². The van der Waals surface area contributed by atoms with E-state index < -0.39 is 0 Å². The Bertz CT molecular complexity index is 884. The van der Waals surface area contributed by atoms with E-state index in [1.165, 1.54) is 32.1 Å². The molecule has 36 heavy (non-hydrogen) atoms. The minimum absolute atomic E-state index is 0.00407. The number of benzene rings is 2. The van der Waals surface area contributed by atoms with Crippen LogP contribution >= 0.6 is 11.8 Å². The van der Waals surface area contributed by atoms with Gasteiger partial charge >= 0.3 is 12.0 Å². The highest BCUT2D eigenvalue weighted by Crippen LogP contribution is 2.30. The number of urea groups is 1. The Morgan fingerprint density at radius 2 is 1.33 bits per heavy atom. The van der Waals surface area contributed by atoms with Gasteiger partial charge in [-0.15, -0.1) is 0 Å². The van der Waals surface area contributed by atoms with Gasteiger partial charge in [0.2, 0.25) is 0 Å². The fourth-order valence-corrected chi connectivity index (χ4v) is 4.67. The number of amides is 2. The van der Waals surface area contributed by atoms with Crippen molar-refractivity contribution < 1.29 is 14.3 Å². The predicted octanol–water partition coefficient (Wildman–Crippen LogP) is 8.61. The highest BCUT2D eigenvalue weighted by Gasteiger charge is 2.15. The van der Waals surface area contributed by atoms with Crippen molar-refractivity contribution in [1.29, 1.82) is 0 Å². The van der Waals surface area contributed by atoms with Crippen LogP contribution in [0.3, 0.4) is 0 Å². The average Bonchev–Trinajstić information content (AvgIpc) is 2.88. The van der Waals surface area contributed by atoms with Gasteiger partial charge in [-0.2, -0.15) is 0 Å². The highest BCUT2D eigenvalue weighted by atomic mass is 32.2. The number of carbonyl (C=O) groups is 2. The molecule has 0 atom stereocenters. The van der Waals surface area contributed by atoms with Gasteiger partial charge in [0.15, 0.2) is 0 Å². The normalized spacial score (nSPS) is 10.8. The van der Waals surface area contributed by atoms with Crippen molar-refractivity contribution in [1.82, 2.24) is 5.32 Å². The summed E-state index contributed by atoms with van der Waals surface area (Å²) >= 11 is 1.64. The minimum Gasteiger partial charge on any atom is -0.427 e. The molecule has 6 heteroatoms. The van der Waals surface area contributed by atoms with Gasteiger partial charge in [-0.05, 0) is 67.8 Å². The zero-order valence-corrected chi connectivity index (χ0v) is 23.2. The van der Waals surface area contributed by atoms with E-state index in [0.717, 1.165) is 60.7 Å². The van der Waals surface area contributed by atoms with Crippen LogP contribution in [-0.2, 0) is 4.79 Å². The number of hydrogen-bond donors (Lipinski definition) is 1. The first kappa shape index (κ1) is 29.8. The number of ether oxygens (including phenoxy) is 1. The van der Waals surface area contributed by atoms with Crippen LogP contribution in [0.5, 0.6) is 5.75 Å². The van der Waals surface area contributed by atoms with Gasteiger partial charge in [0.25, 0.3) is 0 Å². The van der Waals surface area contributed by atoms with Crippen LogP contribution in [0, 0.1) is 0 Å². The van der Waals surface area contributed by atoms with Gasteiger partial charge in [-0.25, -0.2) is 4.79 Å². The van der Waals surface area contributed by atoms with E-state index in [-0.39, 0.29) is 12.0 Å². The Morgan fingerprint density at radius 3 is 1.94 bits per heavy atom. The quantitative estimate of drug-likeness (QED) is 0.131. The first-order valence-corrected chi connectivity index (χ1v) is 14.5. The lowest BCUT2D eigenvalue weighted by atomic mass is 10.1. The summed E-state index contributed by atoms with van der Waals surface area (Å²) in [6.07, 6.45) is 11.6. The molecule has 198 valence electrons. The molecule has 0 heterocycles. The number of nitrogens with one attached hydrogen (secondary N) is 1. The molecular formula is C30H44N2O3S. The van der Waals surface area contributed by atoms with E-state index in [1.807, 2.05) is 48.2 Å². The summed E-state index contributed by atoms with van der Waals surface area (Å²) in [5.41, 5.74) is 0.930. The van der Waals surface area contributed by atoms with Crippen LogP contribution in [-0.4, -0.2) is 25.1 Å². The molecule has 2 rings (SSSR count). The number of nitrogens with zero attached hydrogens (tertiary/aromatic N) is 1. The van der Waals surface area contributed by atoms with Crippen LogP contribution < -0.4 is 15.0 Å². The second-order valence-electron chi connectivity index (χ2n) is 9.15. The number of unbranched alkanes of at least 4 members (excludes halogenated alkanes) is 7. The molecule has 0 aromatic heterocycles. The molecule has 0 saturated carbocycles. The standard InChI is InChI=1S/C30H44N2O3S/c1-4-7-9-11-13-24-32(30(34)31-23-12-10-8-5-2)25-15-19-27(20-16-25)36-28-21-17-26(18-22-28)35-29(33)14-6-3/h15-22H,4-14,23-24H2,1-3H3,(H,31,34). The predicted molar refractivity (Wildman–Crippen MR) is 151 cm³/mol. The van der Waals surface area contributed by atoms with E-state index in [2.05, 4.69) is 31.3 Å². The van der Waals surface area contributed by atoms with E-state index in [0.29, 0.717) is 12.2 Å². The number of esters is 1. The summed E-state index contributed by atoms with van der Waals surface area (Å²) in [6, 6.07) is 15.8. The number of carbonyl (C=O) groups excluding carboxylic acids is 2. The Hall–Kier alpha value is -2.47. The fourth-order valence-electron chi connectivity index (χ4n) is 3.86. The van der Waals surface area contributed by atoms with E-state index in [1.54, 1.807) is 11.8 Å². The highest BCUT2D eigenvalue weighted by molar-refractivity contribution is 7.99. The minimum atomic E-state index is -0.201. The lowest BCUT2D eigenvalue weighted by Gasteiger charge is -2.23. The molecule has 0 aliphatic carbocycles. The van der Waals surface area contributed by atoms with Crippen molar-refractivity contribution in [2.75, 3.05) is 18.0 Å². The van der Waals surface area contributed by atoms with Gasteiger partial charge in [0.05, 0.1) is 0 Å². The summed E-state index contributed by atoms with van der Waals surface area (Å²) in [5.74, 6) is 0.372. The molecule has 0 unspecified atom stereocenters. The SMILES string of the molecule is CCCCCCCN(C(=O)NCCCCCC)c1ccc(Sc2ccc(OC(=O)CCC)cc2)cc1. The maximum absolute atomic E-state index is 13.0. The van der Waals surface area contributed by atoms with Gasteiger partial charge in [0, 0.05) is 35.0 Å². The molecule has 0 spiro atoms. The van der Waals surface area contributed by atoms with Crippen LogP contribution in [0.2, 0.25) is 0 Å². The molecule has 0 aliphatic rings. The Morgan fingerprint density at radius 1 is 0.750 bits per heavy atom. The molecule has 0 bridgehead atoms. The molecule has 0 radical (unpaired) electrons. The maximum Gasteiger partial charge on any atom is 0.321 e. The molecule has 2 aromatic carbocycles. The topological polar surface area (TPSA) is 58.6 Å². The van der Waals surface area contributed by atoms with Crippen molar-refractivity contribution >= 4 is 29.4 Å². The second-order valence-corrected chi connectivity index (χ2v) is 10.3. The summed E-state index contributed by atoms with van der Waals surface area (Å²) in [6.45, 7) is 7.83. The van der Waals surface area contributed by atoms with Crippen molar-refractivity contribution in [2.45, 2.75) is 101 Å². The third-order valence-electron chi connectivity index (χ3n) is 5.93. The van der Waals surface area contributed by atoms with Crippen LogP contribution in [0.15, 0.2) is 58.3 Å². The molecular weight excluding hydrogens is 468 g/mol. The third-order valence-corrected chi connectivity index (χ3v) is 6.95. The van der Waals surface area contributed by atoms with Gasteiger partial charge < -0.3 is 10.1 Å². The van der Waals surface area contributed by atoms with Crippen LogP contribution in [0.4, 0.5) is 10.5 Å². The van der Waals surface area contributed by atoms with Crippen molar-refractivity contribution in [3.05, 3.63) is 48.5 Å². The van der Waals surface area contributed by atoms with Gasteiger partial charge in [-0.1, -0.05) is 77.5 Å². The average molecular weight is 513 g/mol. The van der Waals surface area contributed by atoms with Crippen molar-refractivity contribution in [3.8, 4) is 5.75 Å². The first-order valence-electron chi connectivity index (χ1n) is 13.7. The lowest BCUT2D eigenvalue weighted by molar-refractivity contribution is -0.134. The number of rotatable bonds is 17. The molecule has 1 N–H and O–H groups in total. The molecule has 5 nitrogen and oxygen atoms in total. The Labute approximate surface area is 222 Å². The monoisotopic (exact) mass is 512 g/mol. The molecule has 2 aromatic rings. The van der Waals surface area contributed by atoms with Gasteiger partial charge in [-0.3, -0.25) is 9.69 Å². The maximum atomic E-state index is 13.0. The molecule has 0 saturated heterocycles. The third kappa shape index (κ3) is 11.5.